The lowest BCUT2D eigenvalue weighted by Crippen LogP contribution is -2.51. The lowest BCUT2D eigenvalue weighted by atomic mass is 10.0. The molecule has 3 aromatic heterocycles. The first-order chi connectivity index (χ1) is 15.2. The molecule has 156 valence electrons. The van der Waals surface area contributed by atoms with Gasteiger partial charge in [0.15, 0.2) is 0 Å². The van der Waals surface area contributed by atoms with Crippen molar-refractivity contribution in [3.05, 3.63) is 72.9 Å². The molecule has 1 unspecified atom stereocenters. The van der Waals surface area contributed by atoms with E-state index < -0.39 is 6.23 Å². The van der Waals surface area contributed by atoms with E-state index in [1.54, 1.807) is 29.2 Å². The number of aromatic nitrogens is 4. The van der Waals surface area contributed by atoms with Crippen LogP contribution in [0.15, 0.2) is 67.4 Å². The summed E-state index contributed by atoms with van der Waals surface area (Å²) in [5.74, 6) is 0.684. The lowest BCUT2D eigenvalue weighted by Gasteiger charge is -2.34. The van der Waals surface area contributed by atoms with Crippen LogP contribution >= 0.6 is 0 Å². The number of nitrogens with zero attached hydrogens (tertiary/aromatic N) is 5. The highest BCUT2D eigenvalue weighted by atomic mass is 16.5. The molecule has 8 nitrogen and oxygen atoms in total. The van der Waals surface area contributed by atoms with Gasteiger partial charge < -0.3 is 15.0 Å². The molecule has 1 fully saturated rings. The molecule has 1 aliphatic rings. The van der Waals surface area contributed by atoms with Gasteiger partial charge in [0.1, 0.15) is 12.0 Å². The number of fused-ring (bicyclic) bond motifs is 1. The van der Waals surface area contributed by atoms with E-state index in [9.17, 15) is 4.79 Å². The van der Waals surface area contributed by atoms with Crippen molar-refractivity contribution in [1.29, 1.82) is 0 Å². The van der Waals surface area contributed by atoms with Gasteiger partial charge in [0.25, 0.3) is 5.91 Å². The first-order valence-corrected chi connectivity index (χ1v) is 10.1. The summed E-state index contributed by atoms with van der Waals surface area (Å²) in [5.41, 5.74) is 2.75. The Morgan fingerprint density at radius 3 is 2.77 bits per heavy atom. The zero-order valence-electron chi connectivity index (χ0n) is 17.1. The van der Waals surface area contributed by atoms with Crippen molar-refractivity contribution in [1.82, 2.24) is 25.1 Å². The highest BCUT2D eigenvalue weighted by Crippen LogP contribution is 2.26. The third kappa shape index (κ3) is 4.10. The molecule has 5 rings (SSSR count). The summed E-state index contributed by atoms with van der Waals surface area (Å²) < 4.78 is 7.56. The van der Waals surface area contributed by atoms with Crippen molar-refractivity contribution in [2.75, 3.05) is 24.6 Å². The maximum absolute atomic E-state index is 12.4. The number of morpholine rings is 1. The molecular weight excluding hydrogens is 392 g/mol. The van der Waals surface area contributed by atoms with Crippen molar-refractivity contribution in [2.24, 2.45) is 7.05 Å². The average Bonchev–Trinajstić information content (AvgIpc) is 3.25. The largest absolute Gasteiger partial charge is 0.355 e. The number of hydrogen-bond donors (Lipinski definition) is 1. The quantitative estimate of drug-likeness (QED) is 0.553. The van der Waals surface area contributed by atoms with Crippen LogP contribution in [0.3, 0.4) is 0 Å². The van der Waals surface area contributed by atoms with Gasteiger partial charge in [-0.15, -0.1) is 0 Å². The first kappa shape index (κ1) is 19.2. The smallest absolute Gasteiger partial charge is 0.253 e. The molecule has 0 bridgehead atoms. The molecule has 0 spiro atoms. The molecule has 0 saturated carbocycles. The van der Waals surface area contributed by atoms with Crippen LogP contribution in [-0.4, -0.2) is 51.6 Å². The van der Waals surface area contributed by atoms with Gasteiger partial charge in [-0.1, -0.05) is 12.1 Å². The minimum Gasteiger partial charge on any atom is -0.355 e. The van der Waals surface area contributed by atoms with Crippen molar-refractivity contribution in [2.45, 2.75) is 6.23 Å². The Balaban J connectivity index is 1.35. The number of carbonyl (C=O) groups is 1. The standard InChI is InChI=1S/C23H22N6O2/c1-28-14-20(13-26-28)17-2-3-18-12-25-21(11-19(18)10-17)29-8-9-31-22(15-29)27-23(30)16-4-6-24-7-5-16/h2-7,10-14,22H,8-9,15H2,1H3,(H,27,30). The highest BCUT2D eigenvalue weighted by molar-refractivity contribution is 5.94. The minimum atomic E-state index is -0.409. The molecule has 1 atom stereocenters. The van der Waals surface area contributed by atoms with Crippen LogP contribution in [0.1, 0.15) is 10.4 Å². The van der Waals surface area contributed by atoms with Crippen LogP contribution in [-0.2, 0) is 11.8 Å². The van der Waals surface area contributed by atoms with Gasteiger partial charge in [0.05, 0.1) is 19.3 Å². The number of pyridine rings is 2. The molecule has 8 heteroatoms. The number of rotatable bonds is 4. The number of anilines is 1. The van der Waals surface area contributed by atoms with Gasteiger partial charge in [0.2, 0.25) is 0 Å². The van der Waals surface area contributed by atoms with Crippen LogP contribution in [0.5, 0.6) is 0 Å². The maximum Gasteiger partial charge on any atom is 0.253 e. The Kier molecular flexibility index (Phi) is 5.05. The summed E-state index contributed by atoms with van der Waals surface area (Å²) in [7, 11) is 1.91. The van der Waals surface area contributed by atoms with Crippen LogP contribution in [0.4, 0.5) is 5.82 Å². The van der Waals surface area contributed by atoms with Gasteiger partial charge in [-0.2, -0.15) is 5.10 Å². The Labute approximate surface area is 179 Å². The maximum atomic E-state index is 12.4. The number of benzene rings is 1. The normalized spacial score (nSPS) is 16.4. The third-order valence-electron chi connectivity index (χ3n) is 5.37. The Morgan fingerprint density at radius 2 is 1.97 bits per heavy atom. The van der Waals surface area contributed by atoms with E-state index in [1.807, 2.05) is 25.6 Å². The van der Waals surface area contributed by atoms with E-state index in [4.69, 9.17) is 4.74 Å². The van der Waals surface area contributed by atoms with E-state index in [0.717, 1.165) is 27.7 Å². The minimum absolute atomic E-state index is 0.179. The summed E-state index contributed by atoms with van der Waals surface area (Å²) in [5, 5.41) is 9.38. The van der Waals surface area contributed by atoms with Crippen LogP contribution in [0.2, 0.25) is 0 Å². The number of amides is 1. The van der Waals surface area contributed by atoms with E-state index in [2.05, 4.69) is 49.5 Å². The predicted molar refractivity (Wildman–Crippen MR) is 118 cm³/mol. The Bertz CT molecular complexity index is 1220. The second-order valence-corrected chi connectivity index (χ2v) is 7.52. The fourth-order valence-electron chi connectivity index (χ4n) is 3.73. The molecule has 1 saturated heterocycles. The summed E-state index contributed by atoms with van der Waals surface area (Å²) in [4.78, 5) is 23.2. The van der Waals surface area contributed by atoms with E-state index in [1.165, 1.54) is 0 Å². The summed E-state index contributed by atoms with van der Waals surface area (Å²) in [6.07, 6.45) is 8.54. The Morgan fingerprint density at radius 1 is 1.10 bits per heavy atom. The molecule has 0 aliphatic carbocycles. The number of carbonyl (C=O) groups excluding carboxylic acids is 1. The van der Waals surface area contributed by atoms with E-state index in [0.29, 0.717) is 25.3 Å². The summed E-state index contributed by atoms with van der Waals surface area (Å²) >= 11 is 0. The zero-order chi connectivity index (χ0) is 21.2. The first-order valence-electron chi connectivity index (χ1n) is 10.1. The fourth-order valence-corrected chi connectivity index (χ4v) is 3.73. The summed E-state index contributed by atoms with van der Waals surface area (Å²) in [6.45, 7) is 1.75. The van der Waals surface area contributed by atoms with Gasteiger partial charge in [-0.3, -0.25) is 14.5 Å². The number of ether oxygens (including phenoxy) is 1. The molecular formula is C23H22N6O2. The van der Waals surface area contributed by atoms with Crippen LogP contribution in [0.25, 0.3) is 21.9 Å². The molecule has 1 N–H and O–H groups in total. The van der Waals surface area contributed by atoms with Gasteiger partial charge in [-0.25, -0.2) is 4.98 Å². The highest BCUT2D eigenvalue weighted by Gasteiger charge is 2.23. The third-order valence-corrected chi connectivity index (χ3v) is 5.37. The van der Waals surface area contributed by atoms with Gasteiger partial charge in [-0.05, 0) is 35.2 Å². The SMILES string of the molecule is Cn1cc(-c2ccc3cnc(N4CCOC(NC(=O)c5ccncc5)C4)cc3c2)cn1. The lowest BCUT2D eigenvalue weighted by molar-refractivity contribution is 0.0180. The van der Waals surface area contributed by atoms with Crippen molar-refractivity contribution < 1.29 is 9.53 Å². The van der Waals surface area contributed by atoms with Gasteiger partial charge in [0, 0.05) is 54.9 Å². The molecule has 4 heterocycles. The molecule has 1 amide bonds. The number of nitrogens with one attached hydrogen (secondary N) is 1. The molecule has 4 aromatic rings. The second kappa shape index (κ2) is 8.16. The second-order valence-electron chi connectivity index (χ2n) is 7.52. The predicted octanol–water partition coefficient (Wildman–Crippen LogP) is 2.62. The fraction of sp³-hybridized carbons (Fsp3) is 0.217. The summed E-state index contributed by atoms with van der Waals surface area (Å²) in [6, 6.07) is 11.8. The average molecular weight is 414 g/mol. The molecule has 0 radical (unpaired) electrons. The topological polar surface area (TPSA) is 85.2 Å². The number of hydrogen-bond acceptors (Lipinski definition) is 6. The molecule has 1 aliphatic heterocycles. The van der Waals surface area contributed by atoms with Crippen LogP contribution < -0.4 is 10.2 Å². The van der Waals surface area contributed by atoms with Crippen LogP contribution in [0, 0.1) is 0 Å². The van der Waals surface area contributed by atoms with Crippen molar-refractivity contribution in [3.63, 3.8) is 0 Å². The molecule has 31 heavy (non-hydrogen) atoms. The van der Waals surface area contributed by atoms with Crippen molar-refractivity contribution >= 4 is 22.5 Å². The van der Waals surface area contributed by atoms with Crippen molar-refractivity contribution in [3.8, 4) is 11.1 Å². The monoisotopic (exact) mass is 414 g/mol. The molecule has 1 aromatic carbocycles. The zero-order valence-corrected chi connectivity index (χ0v) is 17.1. The Hall–Kier alpha value is -3.78. The van der Waals surface area contributed by atoms with E-state index >= 15 is 0 Å². The van der Waals surface area contributed by atoms with Gasteiger partial charge >= 0.3 is 0 Å². The number of aryl methyl sites for hydroxylation is 1. The van der Waals surface area contributed by atoms with E-state index in [-0.39, 0.29) is 5.91 Å².